The molecule has 0 radical (unpaired) electrons. The van der Waals surface area contributed by atoms with Gasteiger partial charge in [-0.1, -0.05) is 31.9 Å². The third-order valence-electron chi connectivity index (χ3n) is 11.9. The fourth-order valence-corrected chi connectivity index (χ4v) is 14.4. The highest BCUT2D eigenvalue weighted by atomic mass is 79.9. The second-order valence-electron chi connectivity index (χ2n) is 17.1. The van der Waals surface area contributed by atoms with E-state index in [-0.39, 0.29) is 35.5 Å². The molecule has 0 bridgehead atoms. The number of halogens is 1. The molecule has 1 aliphatic heterocycles. The molecule has 6 heterocycles. The van der Waals surface area contributed by atoms with Gasteiger partial charge in [-0.2, -0.15) is 17.5 Å². The van der Waals surface area contributed by atoms with Gasteiger partial charge in [-0.3, -0.25) is 0 Å². The summed E-state index contributed by atoms with van der Waals surface area (Å²) >= 11 is 12.0. The number of aromatic hydroxyl groups is 3. The maximum Gasteiger partial charge on any atom is 0.153 e. The Labute approximate surface area is 478 Å². The largest absolute Gasteiger partial charge is 0.507 e. The molecule has 0 amide bonds. The molecule has 0 aliphatic carbocycles. The summed E-state index contributed by atoms with van der Waals surface area (Å²) < 4.78 is 72.6. The SMILES string of the molecule is CCCCCC(Br)Oc1cccc(O)c1-c1ccc(-c2cc(OCCOCCOCCOC)c(-c3c4c(c(-c5sc(-c6ccc(-c7c(O)cccc7O)s6)cc5OCCOCCOCCOC)c5nsnc35)N=S=N4)s2)s1. The molecule has 3 aromatic carbocycles. The van der Waals surface area contributed by atoms with Crippen LogP contribution in [0.4, 0.5) is 11.4 Å². The molecule has 1 aliphatic rings. The molecule has 0 spiro atoms. The third-order valence-corrected chi connectivity index (χ3v) is 18.4. The molecule has 16 nitrogen and oxygen atoms in total. The summed E-state index contributed by atoms with van der Waals surface area (Å²) in [6.45, 7) is 6.97. The van der Waals surface area contributed by atoms with E-state index in [1.165, 1.54) is 22.7 Å². The van der Waals surface area contributed by atoms with Crippen LogP contribution in [0.1, 0.15) is 32.6 Å². The van der Waals surface area contributed by atoms with E-state index < -0.39 is 0 Å². The number of hydrogen-bond acceptors (Lipinski definition) is 21. The van der Waals surface area contributed by atoms with Gasteiger partial charge in [0.15, 0.2) is 5.01 Å². The van der Waals surface area contributed by atoms with E-state index in [1.54, 1.807) is 67.2 Å². The van der Waals surface area contributed by atoms with E-state index in [0.29, 0.717) is 122 Å². The van der Waals surface area contributed by atoms with Crippen molar-refractivity contribution in [1.82, 2.24) is 8.75 Å². The standard InChI is InChI=1S/C54H57BrN4O12S6/c1-4-5-6-13-44(55)71-35-12-8-11-34(62)46(35)41-17-15-39(73-41)43-31-37(70-29-27-68-25-23-66-21-19-64-3)54(75-43)48-51-49(56-76-58-51)47(50-52(48)59-77-57-50)53-36(69-28-26-67-24-22-65-20-18-63-2)30-42(74-53)38-14-16-40(72-38)45-32(60)9-7-10-33(45)61/h7-12,14-17,30-31,44,60-62H,4-6,13,18-29H2,1-3H3. The first-order chi connectivity index (χ1) is 37.8. The van der Waals surface area contributed by atoms with Crippen molar-refractivity contribution in [2.75, 3.05) is 93.5 Å². The lowest BCUT2D eigenvalue weighted by atomic mass is 10.00. The highest BCUT2D eigenvalue weighted by Crippen LogP contribution is 2.59. The monoisotopic (exact) mass is 1220 g/mol. The number of phenolic OH excluding ortho intramolecular Hbond substituents is 3. The smallest absolute Gasteiger partial charge is 0.153 e. The minimum Gasteiger partial charge on any atom is -0.507 e. The Bertz CT molecular complexity index is 3270. The molecule has 1 unspecified atom stereocenters. The van der Waals surface area contributed by atoms with Crippen LogP contribution in [-0.2, 0) is 39.8 Å². The molecule has 1 atom stereocenters. The number of phenols is 3. The van der Waals surface area contributed by atoms with Gasteiger partial charge in [-0.25, -0.2) is 0 Å². The van der Waals surface area contributed by atoms with Crippen molar-refractivity contribution in [2.45, 2.75) is 37.6 Å². The van der Waals surface area contributed by atoms with E-state index in [9.17, 15) is 15.3 Å². The fraction of sp³-hybridized carbons (Fsp3) is 0.370. The van der Waals surface area contributed by atoms with Crippen LogP contribution in [0.2, 0.25) is 0 Å². The Morgan fingerprint density at radius 2 is 0.948 bits per heavy atom. The number of ether oxygens (including phenoxy) is 9. The highest BCUT2D eigenvalue weighted by molar-refractivity contribution is 9.09. The van der Waals surface area contributed by atoms with Crippen molar-refractivity contribution in [3.63, 3.8) is 0 Å². The van der Waals surface area contributed by atoms with Crippen LogP contribution < -0.4 is 14.2 Å². The Morgan fingerprint density at radius 1 is 0.494 bits per heavy atom. The van der Waals surface area contributed by atoms with Crippen LogP contribution in [0.5, 0.6) is 34.5 Å². The van der Waals surface area contributed by atoms with Crippen molar-refractivity contribution in [2.24, 2.45) is 8.73 Å². The molecule has 3 N–H and O–H groups in total. The van der Waals surface area contributed by atoms with Crippen LogP contribution in [0.15, 0.2) is 81.5 Å². The Morgan fingerprint density at radius 3 is 1.45 bits per heavy atom. The number of methoxy groups -OCH3 is 2. The molecule has 408 valence electrons. The average molecular weight is 1230 g/mol. The van der Waals surface area contributed by atoms with Crippen molar-refractivity contribution in [3.8, 4) is 95.8 Å². The number of nitrogens with zero attached hydrogens (tertiary/aromatic N) is 4. The summed E-state index contributed by atoms with van der Waals surface area (Å²) in [5, 5.41) is 32.6. The van der Waals surface area contributed by atoms with E-state index in [1.807, 2.05) is 36.4 Å². The van der Waals surface area contributed by atoms with E-state index in [4.69, 9.17) is 60.1 Å². The van der Waals surface area contributed by atoms with Gasteiger partial charge in [-0.15, -0.1) is 45.3 Å². The number of unbranched alkanes of at least 4 members (excludes halogenated alkanes) is 2. The maximum atomic E-state index is 11.3. The molecule has 23 heteroatoms. The van der Waals surface area contributed by atoms with Gasteiger partial charge >= 0.3 is 0 Å². The zero-order valence-electron chi connectivity index (χ0n) is 42.5. The van der Waals surface area contributed by atoms with Crippen molar-refractivity contribution in [3.05, 3.63) is 72.8 Å². The number of rotatable bonds is 32. The normalized spacial score (nSPS) is 12.4. The first-order valence-corrected chi connectivity index (χ1v) is 30.5. The quantitative estimate of drug-likeness (QED) is 0.0266. The number of hydrogen-bond donors (Lipinski definition) is 3. The van der Waals surface area contributed by atoms with E-state index in [0.717, 1.165) is 94.0 Å². The number of thiophene rings is 4. The van der Waals surface area contributed by atoms with Gasteiger partial charge < -0.3 is 58.0 Å². The van der Waals surface area contributed by atoms with Gasteiger partial charge in [0.25, 0.3) is 0 Å². The zero-order chi connectivity index (χ0) is 53.5. The molecule has 9 rings (SSSR count). The van der Waals surface area contributed by atoms with Gasteiger partial charge in [0.05, 0.1) is 121 Å². The van der Waals surface area contributed by atoms with Crippen LogP contribution in [0.25, 0.3) is 72.3 Å². The molecule has 0 fully saturated rings. The second-order valence-corrected chi connectivity index (χ2v) is 23.4. The maximum absolute atomic E-state index is 11.3. The highest BCUT2D eigenvalue weighted by Gasteiger charge is 2.32. The van der Waals surface area contributed by atoms with Crippen LogP contribution >= 0.6 is 73.0 Å². The fourth-order valence-electron chi connectivity index (χ4n) is 8.20. The summed E-state index contributed by atoms with van der Waals surface area (Å²) in [5.41, 5.74) is 4.99. The summed E-state index contributed by atoms with van der Waals surface area (Å²) in [4.78, 5) is 6.82. The van der Waals surface area contributed by atoms with Crippen molar-refractivity contribution >= 4 is 107 Å². The molecule has 77 heavy (non-hydrogen) atoms. The first-order valence-electron chi connectivity index (χ1n) is 24.9. The Kier molecular flexibility index (Phi) is 20.9. The van der Waals surface area contributed by atoms with Gasteiger partial charge in [0.1, 0.15) is 70.1 Å². The second kappa shape index (κ2) is 28.3. The lowest BCUT2D eigenvalue weighted by molar-refractivity contribution is 0.0180. The van der Waals surface area contributed by atoms with E-state index >= 15 is 0 Å². The zero-order valence-corrected chi connectivity index (χ0v) is 48.9. The van der Waals surface area contributed by atoms with E-state index in [2.05, 4.69) is 28.9 Å². The summed E-state index contributed by atoms with van der Waals surface area (Å²) in [6.07, 6.45) is 4.09. The summed E-state index contributed by atoms with van der Waals surface area (Å²) in [7, 11) is 3.27. The molecule has 0 saturated carbocycles. The van der Waals surface area contributed by atoms with Gasteiger partial charge in [0.2, 0.25) is 0 Å². The third kappa shape index (κ3) is 13.9. The topological polar surface area (TPSA) is 194 Å². The molecule has 0 saturated heterocycles. The minimum atomic E-state index is -0.203. The van der Waals surface area contributed by atoms with Crippen LogP contribution in [-0.4, -0.2) is 123 Å². The molecule has 5 aromatic heterocycles. The van der Waals surface area contributed by atoms with Gasteiger partial charge in [-0.05, 0) is 77.3 Å². The summed E-state index contributed by atoms with van der Waals surface area (Å²) in [6, 6.07) is 22.1. The number of aromatic nitrogens is 2. The predicted octanol–water partition coefficient (Wildman–Crippen LogP) is 14.6. The predicted molar refractivity (Wildman–Crippen MR) is 314 cm³/mol. The van der Waals surface area contributed by atoms with Crippen LogP contribution in [0, 0.1) is 0 Å². The molecular formula is C54H57BrN4O12S6. The average Bonchev–Trinajstić information content (AvgIpc) is 4.42. The van der Waals surface area contributed by atoms with Crippen LogP contribution in [0.3, 0.4) is 0 Å². The lowest BCUT2D eigenvalue weighted by Gasteiger charge is -2.16. The van der Waals surface area contributed by atoms with Gasteiger partial charge in [0, 0.05) is 55.6 Å². The molecular weight excluding hydrogens is 1170 g/mol. The summed E-state index contributed by atoms with van der Waals surface area (Å²) in [5.74, 6) is 1.93. The molecule has 8 aromatic rings. The first kappa shape index (κ1) is 56.8. The minimum absolute atomic E-state index is 0.0112. The Balaban J connectivity index is 1.08. The Hall–Kier alpha value is -4.86. The number of alkyl halides is 1. The van der Waals surface area contributed by atoms with Crippen molar-refractivity contribution < 1.29 is 58.0 Å². The van der Waals surface area contributed by atoms with Crippen molar-refractivity contribution in [1.29, 1.82) is 0 Å². The lowest BCUT2D eigenvalue weighted by Crippen LogP contribution is -2.12. The number of fused-ring (bicyclic) bond motifs is 2. The number of benzene rings is 3.